The highest BCUT2D eigenvalue weighted by molar-refractivity contribution is 9.10. The molecule has 1 atom stereocenters. The Balaban J connectivity index is 2.81. The van der Waals surface area contributed by atoms with Crippen molar-refractivity contribution in [2.24, 2.45) is 11.7 Å². The molecule has 108 valence electrons. The van der Waals surface area contributed by atoms with E-state index in [0.29, 0.717) is 16.9 Å². The third-order valence-corrected chi connectivity index (χ3v) is 4.08. The van der Waals surface area contributed by atoms with E-state index in [2.05, 4.69) is 34.9 Å². The summed E-state index contributed by atoms with van der Waals surface area (Å²) in [5, 5.41) is 4.14. The van der Waals surface area contributed by atoms with Crippen LogP contribution in [0.1, 0.15) is 27.2 Å². The van der Waals surface area contributed by atoms with Crippen molar-refractivity contribution < 1.29 is 0 Å². The Kier molecular flexibility index (Phi) is 6.00. The molecule has 0 radical (unpaired) electrons. The maximum absolute atomic E-state index is 12.0. The molecule has 0 bridgehead atoms. The van der Waals surface area contributed by atoms with Crippen molar-refractivity contribution in [3.8, 4) is 0 Å². The molecule has 0 saturated carbocycles. The van der Waals surface area contributed by atoms with Gasteiger partial charge >= 0.3 is 0 Å². The number of halogens is 1. The third kappa shape index (κ3) is 4.04. The van der Waals surface area contributed by atoms with Crippen LogP contribution in [0.25, 0.3) is 0 Å². The summed E-state index contributed by atoms with van der Waals surface area (Å²) in [5.41, 5.74) is 6.75. The highest BCUT2D eigenvalue weighted by Gasteiger charge is 2.14. The number of hydrogen-bond donors (Lipinski definition) is 1. The van der Waals surface area contributed by atoms with Gasteiger partial charge in [-0.25, -0.2) is 4.68 Å². The summed E-state index contributed by atoms with van der Waals surface area (Å²) in [7, 11) is 1.95. The van der Waals surface area contributed by atoms with Gasteiger partial charge in [0.05, 0.1) is 11.9 Å². The number of nitrogens with two attached hydrogens (primary N) is 1. The number of anilines is 1. The number of aromatic nitrogens is 2. The van der Waals surface area contributed by atoms with Crippen LogP contribution in [0.15, 0.2) is 15.5 Å². The lowest BCUT2D eigenvalue weighted by atomic mass is 10.0. The lowest BCUT2D eigenvalue weighted by molar-refractivity contribution is 0.466. The first kappa shape index (κ1) is 16.2. The molecule has 19 heavy (non-hydrogen) atoms. The first-order chi connectivity index (χ1) is 8.88. The first-order valence-electron chi connectivity index (χ1n) is 6.60. The van der Waals surface area contributed by atoms with Gasteiger partial charge in [-0.15, -0.1) is 0 Å². The lowest BCUT2D eigenvalue weighted by Gasteiger charge is -2.23. The van der Waals surface area contributed by atoms with E-state index in [1.165, 1.54) is 4.68 Å². The second-order valence-corrected chi connectivity index (χ2v) is 5.88. The van der Waals surface area contributed by atoms with E-state index < -0.39 is 0 Å². The van der Waals surface area contributed by atoms with Crippen molar-refractivity contribution >= 4 is 21.6 Å². The Morgan fingerprint density at radius 2 is 2.16 bits per heavy atom. The fraction of sp³-hybridized carbons (Fsp3) is 0.692. The zero-order valence-corrected chi connectivity index (χ0v) is 13.6. The van der Waals surface area contributed by atoms with E-state index in [9.17, 15) is 4.79 Å². The molecule has 2 N–H and O–H groups in total. The molecular weight excluding hydrogens is 308 g/mol. The van der Waals surface area contributed by atoms with Crippen LogP contribution >= 0.6 is 15.9 Å². The predicted molar refractivity (Wildman–Crippen MR) is 82.6 cm³/mol. The van der Waals surface area contributed by atoms with Gasteiger partial charge < -0.3 is 10.6 Å². The zero-order valence-electron chi connectivity index (χ0n) is 12.1. The second-order valence-electron chi connectivity index (χ2n) is 5.08. The van der Waals surface area contributed by atoms with Crippen molar-refractivity contribution in [2.75, 3.05) is 18.5 Å². The quantitative estimate of drug-likeness (QED) is 0.864. The molecule has 0 saturated heterocycles. The summed E-state index contributed by atoms with van der Waals surface area (Å²) < 4.78 is 1.99. The molecule has 0 amide bonds. The minimum absolute atomic E-state index is 0.0972. The SMILES string of the molecule is CCn1ncc(N(C)CCC(N)C(C)C)c(Br)c1=O. The largest absolute Gasteiger partial charge is 0.372 e. The topological polar surface area (TPSA) is 64.2 Å². The summed E-state index contributed by atoms with van der Waals surface area (Å²) in [6.07, 6.45) is 2.60. The van der Waals surface area contributed by atoms with Crippen molar-refractivity contribution in [1.82, 2.24) is 9.78 Å². The number of rotatable bonds is 6. The number of aryl methyl sites for hydroxylation is 1. The van der Waals surface area contributed by atoms with Crippen LogP contribution in [0.4, 0.5) is 5.69 Å². The van der Waals surface area contributed by atoms with E-state index >= 15 is 0 Å². The molecule has 1 aromatic rings. The summed E-state index contributed by atoms with van der Waals surface area (Å²) in [4.78, 5) is 14.0. The number of nitrogens with zero attached hydrogens (tertiary/aromatic N) is 3. The maximum Gasteiger partial charge on any atom is 0.283 e. The lowest BCUT2D eigenvalue weighted by Crippen LogP contribution is -2.33. The van der Waals surface area contributed by atoms with Gasteiger partial charge in [-0.05, 0) is 35.2 Å². The molecular formula is C13H23BrN4O. The van der Waals surface area contributed by atoms with Gasteiger partial charge in [0.25, 0.3) is 5.56 Å². The minimum Gasteiger partial charge on any atom is -0.372 e. The molecule has 0 spiro atoms. The standard InChI is InChI=1S/C13H23BrN4O/c1-5-18-13(19)12(14)11(8-16-18)17(4)7-6-10(15)9(2)3/h8-10H,5-7,15H2,1-4H3. The van der Waals surface area contributed by atoms with Gasteiger partial charge in [-0.3, -0.25) is 4.79 Å². The Morgan fingerprint density at radius 3 is 2.68 bits per heavy atom. The van der Waals surface area contributed by atoms with Gasteiger partial charge in [0.2, 0.25) is 0 Å². The van der Waals surface area contributed by atoms with E-state index in [1.807, 2.05) is 18.9 Å². The Labute approximate surface area is 122 Å². The molecule has 6 heteroatoms. The highest BCUT2D eigenvalue weighted by atomic mass is 79.9. The molecule has 0 fully saturated rings. The summed E-state index contributed by atoms with van der Waals surface area (Å²) in [6.45, 7) is 7.50. The van der Waals surface area contributed by atoms with Crippen molar-refractivity contribution in [3.05, 3.63) is 21.0 Å². The van der Waals surface area contributed by atoms with E-state index in [-0.39, 0.29) is 11.6 Å². The van der Waals surface area contributed by atoms with E-state index in [0.717, 1.165) is 18.7 Å². The summed E-state index contributed by atoms with van der Waals surface area (Å²) >= 11 is 3.36. The number of hydrogen-bond acceptors (Lipinski definition) is 4. The Morgan fingerprint density at radius 1 is 1.53 bits per heavy atom. The van der Waals surface area contributed by atoms with Crippen LogP contribution in [-0.4, -0.2) is 29.4 Å². The van der Waals surface area contributed by atoms with Gasteiger partial charge in [-0.2, -0.15) is 5.10 Å². The average Bonchev–Trinajstić information content (AvgIpc) is 2.38. The van der Waals surface area contributed by atoms with Crippen LogP contribution in [0.3, 0.4) is 0 Å². The Hall–Kier alpha value is -0.880. The second kappa shape index (κ2) is 7.05. The first-order valence-corrected chi connectivity index (χ1v) is 7.40. The van der Waals surface area contributed by atoms with Crippen LogP contribution in [0.2, 0.25) is 0 Å². The van der Waals surface area contributed by atoms with E-state index in [4.69, 9.17) is 5.73 Å². The van der Waals surface area contributed by atoms with E-state index in [1.54, 1.807) is 6.20 Å². The molecule has 1 heterocycles. The smallest absolute Gasteiger partial charge is 0.283 e. The average molecular weight is 331 g/mol. The van der Waals surface area contributed by atoms with Gasteiger partial charge in [0.15, 0.2) is 0 Å². The van der Waals surface area contributed by atoms with Gasteiger partial charge in [0.1, 0.15) is 4.47 Å². The highest BCUT2D eigenvalue weighted by Crippen LogP contribution is 2.20. The summed E-state index contributed by atoms with van der Waals surface area (Å²) in [5.74, 6) is 0.461. The summed E-state index contributed by atoms with van der Waals surface area (Å²) in [6, 6.07) is 0.171. The molecule has 0 aliphatic heterocycles. The Bertz CT molecular complexity index is 472. The zero-order chi connectivity index (χ0) is 14.6. The molecule has 1 unspecified atom stereocenters. The van der Waals surface area contributed by atoms with Crippen LogP contribution in [0.5, 0.6) is 0 Å². The van der Waals surface area contributed by atoms with Crippen molar-refractivity contribution in [2.45, 2.75) is 39.8 Å². The molecule has 0 aromatic carbocycles. The fourth-order valence-corrected chi connectivity index (χ4v) is 2.35. The molecule has 5 nitrogen and oxygen atoms in total. The third-order valence-electron chi connectivity index (χ3n) is 3.33. The van der Waals surface area contributed by atoms with Gasteiger partial charge in [0, 0.05) is 26.2 Å². The van der Waals surface area contributed by atoms with Crippen LogP contribution in [0, 0.1) is 5.92 Å². The monoisotopic (exact) mass is 330 g/mol. The molecule has 0 aliphatic rings. The minimum atomic E-state index is -0.0972. The van der Waals surface area contributed by atoms with Gasteiger partial charge in [-0.1, -0.05) is 13.8 Å². The normalized spacial score (nSPS) is 12.8. The van der Waals surface area contributed by atoms with Crippen LogP contribution < -0.4 is 16.2 Å². The molecule has 0 aliphatic carbocycles. The maximum atomic E-state index is 12.0. The van der Waals surface area contributed by atoms with Crippen molar-refractivity contribution in [3.63, 3.8) is 0 Å². The molecule has 1 aromatic heterocycles. The molecule has 1 rings (SSSR count). The fourth-order valence-electron chi connectivity index (χ4n) is 1.74. The van der Waals surface area contributed by atoms with Crippen molar-refractivity contribution in [1.29, 1.82) is 0 Å². The predicted octanol–water partition coefficient (Wildman–Crippen LogP) is 1.84. The van der Waals surface area contributed by atoms with Crippen LogP contribution in [-0.2, 0) is 6.54 Å².